The van der Waals surface area contributed by atoms with E-state index in [-0.39, 0.29) is 21.8 Å². The number of hydrogen-bond acceptors (Lipinski definition) is 6. The highest BCUT2D eigenvalue weighted by molar-refractivity contribution is 7.89. The summed E-state index contributed by atoms with van der Waals surface area (Å²) >= 11 is 0. The van der Waals surface area contributed by atoms with E-state index in [2.05, 4.69) is 10.0 Å². The van der Waals surface area contributed by atoms with Gasteiger partial charge in [0.1, 0.15) is 5.69 Å². The molecule has 1 fully saturated rings. The number of anilines is 2. The van der Waals surface area contributed by atoms with Crippen LogP contribution in [0.1, 0.15) is 35.2 Å². The fourth-order valence-electron chi connectivity index (χ4n) is 3.49. The minimum atomic E-state index is -3.68. The van der Waals surface area contributed by atoms with Gasteiger partial charge in [-0.2, -0.15) is 0 Å². The molecule has 1 aliphatic heterocycles. The maximum absolute atomic E-state index is 12.7. The number of benzene rings is 2. The van der Waals surface area contributed by atoms with Gasteiger partial charge in [0.2, 0.25) is 10.0 Å². The van der Waals surface area contributed by atoms with Crippen LogP contribution in [0.4, 0.5) is 17.1 Å². The molecule has 9 nitrogen and oxygen atoms in total. The third-order valence-corrected chi connectivity index (χ3v) is 6.69. The molecule has 1 amide bonds. The maximum atomic E-state index is 12.7. The zero-order valence-electron chi connectivity index (χ0n) is 16.8. The van der Waals surface area contributed by atoms with Gasteiger partial charge in [-0.3, -0.25) is 14.9 Å². The number of nitro benzene ring substituents is 1. The number of amides is 1. The molecule has 0 aliphatic carbocycles. The number of aryl methyl sites for hydroxylation is 1. The summed E-state index contributed by atoms with van der Waals surface area (Å²) in [6, 6.07) is 8.94. The van der Waals surface area contributed by atoms with Crippen LogP contribution in [0, 0.1) is 17.0 Å². The molecule has 0 bridgehead atoms. The number of piperidine rings is 1. The highest BCUT2D eigenvalue weighted by Crippen LogP contribution is 2.31. The minimum Gasteiger partial charge on any atom is -0.366 e. The number of hydrogen-bond donors (Lipinski definition) is 2. The number of sulfonamides is 1. The van der Waals surface area contributed by atoms with Crippen LogP contribution in [-0.2, 0) is 10.0 Å². The van der Waals surface area contributed by atoms with Gasteiger partial charge in [-0.15, -0.1) is 0 Å². The Bertz CT molecular complexity index is 1080. The standard InChI is InChI=1S/C20H24N4O5S/c1-14-6-8-16(13-19(14)30(28,29)21-2)22-20(25)15-7-9-17(18(12-15)24(26)27)23-10-4-3-5-11-23/h6-9,12-13,21H,3-5,10-11H2,1-2H3,(H,22,25). The van der Waals surface area contributed by atoms with E-state index in [1.54, 1.807) is 31.2 Å². The van der Waals surface area contributed by atoms with Crippen LogP contribution in [0.2, 0.25) is 0 Å². The van der Waals surface area contributed by atoms with Gasteiger partial charge >= 0.3 is 0 Å². The Hall–Kier alpha value is -2.98. The SMILES string of the molecule is CNS(=O)(=O)c1cc(NC(=O)c2ccc(N3CCCCC3)c([N+](=O)[O-])c2)ccc1C. The summed E-state index contributed by atoms with van der Waals surface area (Å²) in [5.74, 6) is -0.556. The zero-order chi connectivity index (χ0) is 21.9. The molecule has 0 unspecified atom stereocenters. The molecular formula is C20H24N4O5S. The van der Waals surface area contributed by atoms with Gasteiger partial charge < -0.3 is 10.2 Å². The molecule has 0 saturated carbocycles. The molecule has 0 aromatic heterocycles. The van der Waals surface area contributed by atoms with Crippen molar-refractivity contribution in [1.82, 2.24) is 4.72 Å². The van der Waals surface area contributed by atoms with Crippen molar-refractivity contribution in [3.05, 3.63) is 57.6 Å². The van der Waals surface area contributed by atoms with Gasteiger partial charge in [-0.1, -0.05) is 6.07 Å². The van der Waals surface area contributed by atoms with Crippen molar-refractivity contribution >= 4 is 33.0 Å². The van der Waals surface area contributed by atoms with Gasteiger partial charge in [0.05, 0.1) is 9.82 Å². The highest BCUT2D eigenvalue weighted by atomic mass is 32.2. The number of nitrogens with zero attached hydrogens (tertiary/aromatic N) is 2. The lowest BCUT2D eigenvalue weighted by molar-refractivity contribution is -0.384. The number of rotatable bonds is 6. The topological polar surface area (TPSA) is 122 Å². The van der Waals surface area contributed by atoms with Crippen LogP contribution < -0.4 is 14.9 Å². The van der Waals surface area contributed by atoms with E-state index < -0.39 is 20.9 Å². The molecule has 1 aliphatic rings. The second kappa shape index (κ2) is 8.80. The van der Waals surface area contributed by atoms with E-state index in [0.29, 0.717) is 11.3 Å². The summed E-state index contributed by atoms with van der Waals surface area (Å²) in [4.78, 5) is 25.8. The first kappa shape index (κ1) is 21.7. The predicted octanol–water partition coefficient (Wildman–Crippen LogP) is 3.05. The number of carbonyl (C=O) groups excluding carboxylic acids is 1. The average Bonchev–Trinajstić information content (AvgIpc) is 2.75. The van der Waals surface area contributed by atoms with Crippen LogP contribution in [0.25, 0.3) is 0 Å². The summed E-state index contributed by atoms with van der Waals surface area (Å²) in [5, 5.41) is 14.2. The van der Waals surface area contributed by atoms with Gasteiger partial charge in [-0.25, -0.2) is 13.1 Å². The molecule has 1 saturated heterocycles. The molecule has 2 aromatic rings. The summed E-state index contributed by atoms with van der Waals surface area (Å²) < 4.78 is 26.5. The Morgan fingerprint density at radius 3 is 2.43 bits per heavy atom. The van der Waals surface area contributed by atoms with E-state index in [0.717, 1.165) is 32.4 Å². The number of carbonyl (C=O) groups is 1. The molecule has 0 radical (unpaired) electrons. The Balaban J connectivity index is 1.88. The van der Waals surface area contributed by atoms with Crippen molar-refractivity contribution < 1.29 is 18.1 Å². The van der Waals surface area contributed by atoms with Crippen LogP contribution in [0.5, 0.6) is 0 Å². The quantitative estimate of drug-likeness (QED) is 0.534. The van der Waals surface area contributed by atoms with Gasteiger partial charge in [0, 0.05) is 30.4 Å². The predicted molar refractivity (Wildman–Crippen MR) is 115 cm³/mol. The molecule has 2 aromatic carbocycles. The van der Waals surface area contributed by atoms with Crippen LogP contribution in [-0.4, -0.2) is 39.4 Å². The Kier molecular flexibility index (Phi) is 6.37. The first-order chi connectivity index (χ1) is 14.2. The molecular weight excluding hydrogens is 408 g/mol. The highest BCUT2D eigenvalue weighted by Gasteiger charge is 2.23. The first-order valence-corrected chi connectivity index (χ1v) is 11.1. The van der Waals surface area contributed by atoms with Crippen molar-refractivity contribution in [3.8, 4) is 0 Å². The van der Waals surface area contributed by atoms with Crippen LogP contribution >= 0.6 is 0 Å². The molecule has 2 N–H and O–H groups in total. The van der Waals surface area contributed by atoms with Gasteiger partial charge in [0.25, 0.3) is 11.6 Å². The number of nitrogens with one attached hydrogen (secondary N) is 2. The maximum Gasteiger partial charge on any atom is 0.293 e. The van der Waals surface area contributed by atoms with Gasteiger partial charge in [0.15, 0.2) is 0 Å². The number of nitro groups is 1. The monoisotopic (exact) mass is 432 g/mol. The lowest BCUT2D eigenvalue weighted by atomic mass is 10.1. The summed E-state index contributed by atoms with van der Waals surface area (Å²) in [5.41, 5.74) is 1.33. The minimum absolute atomic E-state index is 0.0502. The Morgan fingerprint density at radius 2 is 1.80 bits per heavy atom. The zero-order valence-corrected chi connectivity index (χ0v) is 17.7. The lowest BCUT2D eigenvalue weighted by Gasteiger charge is -2.28. The van der Waals surface area contributed by atoms with E-state index >= 15 is 0 Å². The van der Waals surface area contributed by atoms with Crippen LogP contribution in [0.3, 0.4) is 0 Å². The molecule has 30 heavy (non-hydrogen) atoms. The van der Waals surface area contributed by atoms with E-state index in [9.17, 15) is 23.3 Å². The summed E-state index contributed by atoms with van der Waals surface area (Å²) in [7, 11) is -2.38. The third kappa shape index (κ3) is 4.60. The second-order valence-corrected chi connectivity index (χ2v) is 9.01. The van der Waals surface area contributed by atoms with E-state index in [1.165, 1.54) is 19.2 Å². The van der Waals surface area contributed by atoms with Gasteiger partial charge in [-0.05, 0) is 63.1 Å². The molecule has 0 atom stereocenters. The smallest absolute Gasteiger partial charge is 0.293 e. The van der Waals surface area contributed by atoms with Crippen molar-refractivity contribution in [2.24, 2.45) is 0 Å². The van der Waals surface area contributed by atoms with E-state index in [4.69, 9.17) is 0 Å². The molecule has 10 heteroatoms. The van der Waals surface area contributed by atoms with Crippen molar-refractivity contribution in [3.63, 3.8) is 0 Å². The lowest BCUT2D eigenvalue weighted by Crippen LogP contribution is -2.30. The van der Waals surface area contributed by atoms with Crippen LogP contribution in [0.15, 0.2) is 41.3 Å². The van der Waals surface area contributed by atoms with Crippen molar-refractivity contribution in [2.45, 2.75) is 31.1 Å². The largest absolute Gasteiger partial charge is 0.366 e. The summed E-state index contributed by atoms with van der Waals surface area (Å²) in [6.45, 7) is 3.15. The third-order valence-electron chi connectivity index (χ3n) is 5.14. The van der Waals surface area contributed by atoms with E-state index in [1.807, 2.05) is 4.90 Å². The van der Waals surface area contributed by atoms with Crippen molar-refractivity contribution in [2.75, 3.05) is 30.4 Å². The molecule has 0 spiro atoms. The molecule has 1 heterocycles. The second-order valence-electron chi connectivity index (χ2n) is 7.15. The van der Waals surface area contributed by atoms with Crippen molar-refractivity contribution in [1.29, 1.82) is 0 Å². The summed E-state index contributed by atoms with van der Waals surface area (Å²) in [6.07, 6.45) is 3.06. The Labute approximate surface area is 175 Å². The Morgan fingerprint density at radius 1 is 1.10 bits per heavy atom. The molecule has 3 rings (SSSR count). The molecule has 160 valence electrons. The fourth-order valence-corrected chi connectivity index (χ4v) is 4.49. The fraction of sp³-hybridized carbons (Fsp3) is 0.350. The first-order valence-electron chi connectivity index (χ1n) is 9.62. The average molecular weight is 433 g/mol. The normalized spacial score (nSPS) is 14.4.